The number of rotatable bonds is 3. The van der Waals surface area contributed by atoms with Gasteiger partial charge in [-0.1, -0.05) is 19.3 Å². The number of carbonyl (C=O) groups excluding carboxylic acids is 2. The van der Waals surface area contributed by atoms with E-state index in [-0.39, 0.29) is 17.7 Å². The van der Waals surface area contributed by atoms with Gasteiger partial charge in [0.05, 0.1) is 11.6 Å². The molecule has 3 rings (SSSR count). The molecule has 1 aliphatic heterocycles. The van der Waals surface area contributed by atoms with Crippen molar-refractivity contribution in [1.29, 1.82) is 0 Å². The maximum absolute atomic E-state index is 12.3. The minimum Gasteiger partial charge on any atom is -0.339 e. The minimum atomic E-state index is -0.233. The smallest absolute Gasteiger partial charge is 0.231 e. The average Bonchev–Trinajstić information content (AvgIpc) is 3.06. The second-order valence-electron chi connectivity index (χ2n) is 6.02. The number of hydrogen-bond acceptors (Lipinski definition) is 4. The molecule has 1 aromatic heterocycles. The van der Waals surface area contributed by atoms with Gasteiger partial charge in [0, 0.05) is 24.4 Å². The molecule has 21 heavy (non-hydrogen) atoms. The molecule has 1 atom stereocenters. The van der Waals surface area contributed by atoms with Crippen LogP contribution in [0.5, 0.6) is 0 Å². The molecule has 1 aliphatic carbocycles. The molecule has 5 nitrogen and oxygen atoms in total. The highest BCUT2D eigenvalue weighted by atomic mass is 32.1. The summed E-state index contributed by atoms with van der Waals surface area (Å²) in [6.45, 7) is 2.47. The molecule has 1 aromatic rings. The van der Waals surface area contributed by atoms with Gasteiger partial charge in [-0.05, 0) is 19.8 Å². The molecule has 1 saturated carbocycles. The zero-order valence-corrected chi connectivity index (χ0v) is 13.1. The van der Waals surface area contributed by atoms with Crippen molar-refractivity contribution in [3.8, 4) is 0 Å². The number of aromatic nitrogens is 1. The summed E-state index contributed by atoms with van der Waals surface area (Å²) in [5, 5.41) is 5.37. The van der Waals surface area contributed by atoms with Crippen molar-refractivity contribution in [2.24, 2.45) is 5.92 Å². The van der Waals surface area contributed by atoms with Gasteiger partial charge in [-0.2, -0.15) is 0 Å². The second-order valence-corrected chi connectivity index (χ2v) is 6.88. The number of carbonyl (C=O) groups is 2. The van der Waals surface area contributed by atoms with Gasteiger partial charge in [0.15, 0.2) is 5.13 Å². The van der Waals surface area contributed by atoms with Crippen LogP contribution in [-0.2, 0) is 9.59 Å². The van der Waals surface area contributed by atoms with Crippen LogP contribution in [0.4, 0.5) is 5.13 Å². The number of nitrogens with one attached hydrogen (secondary N) is 1. The summed E-state index contributed by atoms with van der Waals surface area (Å²) < 4.78 is 0. The van der Waals surface area contributed by atoms with Gasteiger partial charge in [-0.15, -0.1) is 11.3 Å². The number of nitrogens with zero attached hydrogens (tertiary/aromatic N) is 2. The fourth-order valence-corrected chi connectivity index (χ4v) is 3.96. The number of thiazole rings is 1. The maximum atomic E-state index is 12.3. The molecule has 2 fully saturated rings. The number of aryl methyl sites for hydroxylation is 1. The van der Waals surface area contributed by atoms with Crippen LogP contribution in [0.2, 0.25) is 0 Å². The average molecular weight is 307 g/mol. The highest BCUT2D eigenvalue weighted by molar-refractivity contribution is 7.13. The number of anilines is 1. The number of amides is 2. The third-order valence-corrected chi connectivity index (χ3v) is 5.27. The van der Waals surface area contributed by atoms with E-state index in [9.17, 15) is 9.59 Å². The fraction of sp³-hybridized carbons (Fsp3) is 0.667. The van der Waals surface area contributed by atoms with Crippen LogP contribution in [0, 0.1) is 12.8 Å². The van der Waals surface area contributed by atoms with E-state index in [1.165, 1.54) is 30.6 Å². The van der Waals surface area contributed by atoms with Crippen LogP contribution in [0.25, 0.3) is 0 Å². The van der Waals surface area contributed by atoms with E-state index in [1.54, 1.807) is 0 Å². The van der Waals surface area contributed by atoms with E-state index in [4.69, 9.17) is 0 Å². The lowest BCUT2D eigenvalue weighted by molar-refractivity contribution is -0.130. The monoisotopic (exact) mass is 307 g/mol. The summed E-state index contributed by atoms with van der Waals surface area (Å²) in [6.07, 6.45) is 6.18. The first-order valence-corrected chi connectivity index (χ1v) is 8.54. The number of hydrogen-bond donors (Lipinski definition) is 1. The Labute approximate surface area is 128 Å². The van der Waals surface area contributed by atoms with Crippen molar-refractivity contribution >= 4 is 28.3 Å². The zero-order valence-electron chi connectivity index (χ0n) is 12.3. The molecule has 2 amide bonds. The van der Waals surface area contributed by atoms with Crippen molar-refractivity contribution in [3.63, 3.8) is 0 Å². The predicted molar refractivity (Wildman–Crippen MR) is 82.2 cm³/mol. The van der Waals surface area contributed by atoms with E-state index < -0.39 is 0 Å². The maximum Gasteiger partial charge on any atom is 0.231 e. The summed E-state index contributed by atoms with van der Waals surface area (Å²) in [4.78, 5) is 30.6. The van der Waals surface area contributed by atoms with E-state index in [0.717, 1.165) is 18.5 Å². The Morgan fingerprint density at radius 3 is 2.81 bits per heavy atom. The largest absolute Gasteiger partial charge is 0.339 e. The first kappa shape index (κ1) is 14.5. The lowest BCUT2D eigenvalue weighted by Crippen LogP contribution is -2.38. The third kappa shape index (κ3) is 3.26. The van der Waals surface area contributed by atoms with Gasteiger partial charge in [-0.3, -0.25) is 9.59 Å². The molecule has 0 spiro atoms. The molecular formula is C15H21N3O2S. The molecule has 0 aromatic carbocycles. The molecule has 0 bridgehead atoms. The van der Waals surface area contributed by atoms with Gasteiger partial charge in [0.25, 0.3) is 0 Å². The third-order valence-electron chi connectivity index (χ3n) is 4.39. The Balaban J connectivity index is 1.59. The summed E-state index contributed by atoms with van der Waals surface area (Å²) in [7, 11) is 0. The Morgan fingerprint density at radius 1 is 1.38 bits per heavy atom. The fourth-order valence-electron chi connectivity index (χ4n) is 3.27. The molecule has 0 unspecified atom stereocenters. The van der Waals surface area contributed by atoms with Gasteiger partial charge >= 0.3 is 0 Å². The summed E-state index contributed by atoms with van der Waals surface area (Å²) >= 11 is 1.42. The van der Waals surface area contributed by atoms with E-state index in [2.05, 4.69) is 10.3 Å². The topological polar surface area (TPSA) is 62.3 Å². The standard InChI is InChI=1S/C15H21N3O2S/c1-10-9-21-15(16-10)17-14(20)11-7-13(19)18(8-11)12-5-3-2-4-6-12/h9,11-12H,2-8H2,1H3,(H,16,17,20)/t11-/m1/s1. The highest BCUT2D eigenvalue weighted by Gasteiger charge is 2.38. The summed E-state index contributed by atoms with van der Waals surface area (Å²) in [6, 6.07) is 0.353. The zero-order chi connectivity index (χ0) is 14.8. The molecule has 1 N–H and O–H groups in total. The van der Waals surface area contributed by atoms with E-state index >= 15 is 0 Å². The molecule has 6 heteroatoms. The van der Waals surface area contributed by atoms with Crippen molar-refractivity contribution in [2.75, 3.05) is 11.9 Å². The van der Waals surface area contributed by atoms with Crippen molar-refractivity contribution < 1.29 is 9.59 Å². The summed E-state index contributed by atoms with van der Waals surface area (Å²) in [5.74, 6) is -0.169. The Bertz CT molecular complexity index is 537. The van der Waals surface area contributed by atoms with Crippen molar-refractivity contribution in [1.82, 2.24) is 9.88 Å². The molecule has 1 saturated heterocycles. The van der Waals surface area contributed by atoms with Crippen molar-refractivity contribution in [2.45, 2.75) is 51.5 Å². The molecule has 114 valence electrons. The molecule has 0 radical (unpaired) electrons. The van der Waals surface area contributed by atoms with Crippen LogP contribution >= 0.6 is 11.3 Å². The van der Waals surface area contributed by atoms with Crippen LogP contribution < -0.4 is 5.32 Å². The quantitative estimate of drug-likeness (QED) is 0.933. The number of likely N-dealkylation sites (tertiary alicyclic amines) is 1. The Kier molecular flexibility index (Phi) is 4.24. The van der Waals surface area contributed by atoms with Crippen LogP contribution in [0.3, 0.4) is 0 Å². The van der Waals surface area contributed by atoms with Crippen LogP contribution in [0.15, 0.2) is 5.38 Å². The van der Waals surface area contributed by atoms with Gasteiger partial charge in [0.1, 0.15) is 0 Å². The van der Waals surface area contributed by atoms with Crippen molar-refractivity contribution in [3.05, 3.63) is 11.1 Å². The Hall–Kier alpha value is -1.43. The van der Waals surface area contributed by atoms with E-state index in [1.807, 2.05) is 17.2 Å². The van der Waals surface area contributed by atoms with E-state index in [0.29, 0.717) is 24.1 Å². The first-order valence-electron chi connectivity index (χ1n) is 7.66. The Morgan fingerprint density at radius 2 is 2.14 bits per heavy atom. The molecule has 2 heterocycles. The SMILES string of the molecule is Cc1csc(NC(=O)[C@@H]2CC(=O)N(C3CCCCC3)C2)n1. The summed E-state index contributed by atoms with van der Waals surface area (Å²) in [5.41, 5.74) is 0.904. The van der Waals surface area contributed by atoms with Crippen LogP contribution in [-0.4, -0.2) is 34.3 Å². The first-order chi connectivity index (χ1) is 10.1. The van der Waals surface area contributed by atoms with Gasteiger partial charge in [-0.25, -0.2) is 4.98 Å². The van der Waals surface area contributed by atoms with Gasteiger partial charge < -0.3 is 10.2 Å². The van der Waals surface area contributed by atoms with Gasteiger partial charge in [0.2, 0.25) is 11.8 Å². The second kappa shape index (κ2) is 6.13. The normalized spacial score (nSPS) is 23.6. The highest BCUT2D eigenvalue weighted by Crippen LogP contribution is 2.29. The van der Waals surface area contributed by atoms with Crippen LogP contribution in [0.1, 0.15) is 44.2 Å². The lowest BCUT2D eigenvalue weighted by atomic mass is 9.94. The molecule has 2 aliphatic rings. The predicted octanol–water partition coefficient (Wildman–Crippen LogP) is 2.57. The minimum absolute atomic E-state index is 0.0731. The molecular weight excluding hydrogens is 286 g/mol. The lowest BCUT2D eigenvalue weighted by Gasteiger charge is -2.31.